The molecule has 0 bridgehead atoms. The molecular weight excluding hydrogens is 366 g/mol. The van der Waals surface area contributed by atoms with E-state index in [0.29, 0.717) is 28.6 Å². The molecule has 1 amide bonds. The fourth-order valence-corrected chi connectivity index (χ4v) is 2.74. The van der Waals surface area contributed by atoms with Gasteiger partial charge in [-0.05, 0) is 18.6 Å². The Hall–Kier alpha value is -1.82. The summed E-state index contributed by atoms with van der Waals surface area (Å²) in [5.41, 5.74) is 0.249. The molecule has 1 aromatic heterocycles. The summed E-state index contributed by atoms with van der Waals surface area (Å²) in [4.78, 5) is 22.2. The lowest BCUT2D eigenvalue weighted by molar-refractivity contribution is -0.192. The molecule has 0 spiro atoms. The van der Waals surface area contributed by atoms with Gasteiger partial charge >= 0.3 is 0 Å². The summed E-state index contributed by atoms with van der Waals surface area (Å²) in [6, 6.07) is 6.65. The highest BCUT2D eigenvalue weighted by atomic mass is 32.2. The minimum absolute atomic E-state index is 0.0369. The lowest BCUT2D eigenvalue weighted by Crippen LogP contribution is -2.22. The van der Waals surface area contributed by atoms with Crippen molar-refractivity contribution in [2.24, 2.45) is 0 Å². The van der Waals surface area contributed by atoms with Crippen molar-refractivity contribution >= 4 is 40.1 Å². The zero-order chi connectivity index (χ0) is 18.1. The van der Waals surface area contributed by atoms with Crippen LogP contribution in [0.5, 0.6) is 0 Å². The number of aromatic nitrogens is 1. The van der Waals surface area contributed by atoms with Crippen molar-refractivity contribution in [1.29, 1.82) is 5.41 Å². The fourth-order valence-electron chi connectivity index (χ4n) is 1.63. The molecule has 0 aliphatic rings. The van der Waals surface area contributed by atoms with Crippen molar-refractivity contribution in [2.75, 3.05) is 18.5 Å². The van der Waals surface area contributed by atoms with Gasteiger partial charge in [0.1, 0.15) is 5.71 Å². The van der Waals surface area contributed by atoms with Gasteiger partial charge in [-0.25, -0.2) is 9.87 Å². The molecule has 0 radical (unpaired) electrons. The first-order chi connectivity index (χ1) is 12.1. The Morgan fingerprint density at radius 1 is 1.32 bits per heavy atom. The molecule has 1 aromatic carbocycles. The number of anilines is 1. The van der Waals surface area contributed by atoms with Crippen LogP contribution in [0.1, 0.15) is 16.9 Å². The summed E-state index contributed by atoms with van der Waals surface area (Å²) in [5, 5.41) is 28.4. The van der Waals surface area contributed by atoms with Gasteiger partial charge in [0, 0.05) is 23.3 Å². The van der Waals surface area contributed by atoms with E-state index in [9.17, 15) is 4.79 Å². The second-order valence-corrected chi connectivity index (χ2v) is 6.58. The molecule has 0 unspecified atom stereocenters. The lowest BCUT2D eigenvalue weighted by Gasteiger charge is -2.05. The molecule has 0 atom stereocenters. The quantitative estimate of drug-likeness (QED) is 0.162. The maximum Gasteiger partial charge on any atom is 0.275 e. The van der Waals surface area contributed by atoms with E-state index >= 15 is 0 Å². The van der Waals surface area contributed by atoms with Crippen LogP contribution >= 0.6 is 23.4 Å². The van der Waals surface area contributed by atoms with E-state index in [0.717, 1.165) is 28.3 Å². The van der Waals surface area contributed by atoms with Gasteiger partial charge in [-0.2, -0.15) is 4.33 Å². The SMILES string of the molecule is N=C(C(=O)Nc1ncc(CO)s1)c1ccc(SOOCCCO)cc1. The minimum atomic E-state index is -0.581. The van der Waals surface area contributed by atoms with Crippen molar-refractivity contribution in [3.05, 3.63) is 40.9 Å². The first kappa shape index (κ1) is 19.5. The fraction of sp³-hybridized carbons (Fsp3) is 0.267. The summed E-state index contributed by atoms with van der Waals surface area (Å²) in [5.74, 6) is -0.581. The van der Waals surface area contributed by atoms with E-state index in [1.165, 1.54) is 6.20 Å². The van der Waals surface area contributed by atoms with Crippen molar-refractivity contribution < 1.29 is 24.2 Å². The molecule has 2 aromatic rings. The Morgan fingerprint density at radius 2 is 2.08 bits per heavy atom. The predicted octanol–water partition coefficient (Wildman–Crippen LogP) is 1.98. The number of carbonyl (C=O) groups is 1. The van der Waals surface area contributed by atoms with E-state index in [1.807, 2.05) is 0 Å². The summed E-state index contributed by atoms with van der Waals surface area (Å²) >= 11 is 2.15. The van der Waals surface area contributed by atoms with Gasteiger partial charge in [-0.1, -0.05) is 23.5 Å². The molecule has 0 saturated heterocycles. The van der Waals surface area contributed by atoms with Crippen molar-refractivity contribution in [3.63, 3.8) is 0 Å². The first-order valence-electron chi connectivity index (χ1n) is 7.27. The standard InChI is InChI=1S/C15H17N3O5S2/c16-13(14(21)18-15-17-8-12(9-20)24-15)10-2-4-11(5-3-10)25-23-22-7-1-6-19/h2-5,8,16,19-20H,1,6-7,9H2,(H,17,18,21). The van der Waals surface area contributed by atoms with Crippen LogP contribution in [0, 0.1) is 5.41 Å². The summed E-state index contributed by atoms with van der Waals surface area (Å²) < 4.78 is 4.91. The van der Waals surface area contributed by atoms with Crippen LogP contribution in [0.15, 0.2) is 35.4 Å². The number of amides is 1. The smallest absolute Gasteiger partial charge is 0.275 e. The number of benzene rings is 1. The Bertz CT molecular complexity index is 705. The van der Waals surface area contributed by atoms with E-state index in [1.54, 1.807) is 24.3 Å². The maximum absolute atomic E-state index is 12.1. The third-order valence-corrected chi connectivity index (χ3v) is 4.39. The Morgan fingerprint density at radius 3 is 2.72 bits per heavy atom. The summed E-state index contributed by atoms with van der Waals surface area (Å²) in [6.45, 7) is 0.187. The molecule has 0 aliphatic carbocycles. The van der Waals surface area contributed by atoms with E-state index in [4.69, 9.17) is 24.8 Å². The van der Waals surface area contributed by atoms with Crippen LogP contribution in [0.4, 0.5) is 5.13 Å². The van der Waals surface area contributed by atoms with E-state index in [-0.39, 0.29) is 18.9 Å². The Balaban J connectivity index is 1.85. The van der Waals surface area contributed by atoms with Crippen molar-refractivity contribution in [3.8, 4) is 0 Å². The molecule has 8 nitrogen and oxygen atoms in total. The van der Waals surface area contributed by atoms with Crippen LogP contribution in [-0.2, 0) is 20.6 Å². The topological polar surface area (TPSA) is 125 Å². The zero-order valence-corrected chi connectivity index (χ0v) is 14.7. The van der Waals surface area contributed by atoms with E-state index in [2.05, 4.69) is 10.3 Å². The highest BCUT2D eigenvalue weighted by molar-refractivity contribution is 7.94. The molecule has 1 heterocycles. The monoisotopic (exact) mass is 383 g/mol. The molecule has 134 valence electrons. The van der Waals surface area contributed by atoms with Crippen LogP contribution in [-0.4, -0.2) is 40.0 Å². The molecule has 4 N–H and O–H groups in total. The summed E-state index contributed by atoms with van der Waals surface area (Å²) in [7, 11) is 0. The zero-order valence-electron chi connectivity index (χ0n) is 13.1. The highest BCUT2D eigenvalue weighted by Gasteiger charge is 2.14. The number of hydrogen-bond donors (Lipinski definition) is 4. The number of nitrogens with one attached hydrogen (secondary N) is 2. The second-order valence-electron chi connectivity index (χ2n) is 4.69. The minimum Gasteiger partial charge on any atom is -0.396 e. The van der Waals surface area contributed by atoms with E-state index < -0.39 is 5.91 Å². The molecule has 10 heteroatoms. The molecular formula is C15H17N3O5S2. The number of aliphatic hydroxyl groups excluding tert-OH is 2. The number of nitrogens with zero attached hydrogens (tertiary/aromatic N) is 1. The molecule has 0 saturated carbocycles. The number of hydrogen-bond acceptors (Lipinski definition) is 9. The van der Waals surface area contributed by atoms with Crippen LogP contribution in [0.3, 0.4) is 0 Å². The number of rotatable bonds is 10. The van der Waals surface area contributed by atoms with Gasteiger partial charge in [-0.3, -0.25) is 15.5 Å². The Kier molecular flexibility index (Phi) is 7.98. The van der Waals surface area contributed by atoms with Crippen molar-refractivity contribution in [1.82, 2.24) is 4.98 Å². The molecule has 0 aliphatic heterocycles. The normalized spacial score (nSPS) is 10.6. The third kappa shape index (κ3) is 6.20. The third-order valence-electron chi connectivity index (χ3n) is 2.86. The van der Waals surface area contributed by atoms with Gasteiger partial charge < -0.3 is 10.2 Å². The first-order valence-corrected chi connectivity index (χ1v) is 8.82. The van der Waals surface area contributed by atoms with Crippen molar-refractivity contribution in [2.45, 2.75) is 17.9 Å². The van der Waals surface area contributed by atoms with Crippen LogP contribution in [0.2, 0.25) is 0 Å². The lowest BCUT2D eigenvalue weighted by atomic mass is 10.1. The maximum atomic E-state index is 12.1. The summed E-state index contributed by atoms with van der Waals surface area (Å²) in [6.07, 6.45) is 1.96. The molecule has 25 heavy (non-hydrogen) atoms. The van der Waals surface area contributed by atoms with Gasteiger partial charge in [0.25, 0.3) is 5.91 Å². The van der Waals surface area contributed by atoms with Crippen LogP contribution < -0.4 is 5.32 Å². The number of aliphatic hydroxyl groups is 2. The predicted molar refractivity (Wildman–Crippen MR) is 94.5 cm³/mol. The van der Waals surface area contributed by atoms with Gasteiger partial charge in [0.05, 0.1) is 30.1 Å². The largest absolute Gasteiger partial charge is 0.396 e. The number of carbonyl (C=O) groups excluding carboxylic acids is 1. The van der Waals surface area contributed by atoms with Gasteiger partial charge in [0.2, 0.25) is 0 Å². The average Bonchev–Trinajstić information content (AvgIpc) is 3.09. The average molecular weight is 383 g/mol. The highest BCUT2D eigenvalue weighted by Crippen LogP contribution is 2.21. The van der Waals surface area contributed by atoms with Gasteiger partial charge in [0.15, 0.2) is 5.13 Å². The second kappa shape index (κ2) is 10.2. The van der Waals surface area contributed by atoms with Gasteiger partial charge in [-0.15, -0.1) is 0 Å². The Labute approximate surface area is 152 Å². The number of thiazole rings is 1. The molecule has 0 fully saturated rings. The molecule has 2 rings (SSSR count). The van der Waals surface area contributed by atoms with Crippen LogP contribution in [0.25, 0.3) is 0 Å².